The number of rotatable bonds is 18. The van der Waals surface area contributed by atoms with Crippen molar-refractivity contribution < 1.29 is 43.3 Å². The molecule has 0 saturated carbocycles. The van der Waals surface area contributed by atoms with Gasteiger partial charge in [0.25, 0.3) is 0 Å². The van der Waals surface area contributed by atoms with E-state index in [9.17, 15) is 33.9 Å². The molecule has 2 unspecified atom stereocenters. The second kappa shape index (κ2) is 17.0. The molecule has 3 rings (SSSR count). The topological polar surface area (TPSA) is 214 Å². The predicted molar refractivity (Wildman–Crippen MR) is 161 cm³/mol. The Kier molecular flexibility index (Phi) is 13.1. The molecule has 44 heavy (non-hydrogen) atoms. The Morgan fingerprint density at radius 2 is 1.84 bits per heavy atom. The van der Waals surface area contributed by atoms with E-state index in [1.807, 2.05) is 6.92 Å². The Bertz CT molecular complexity index is 1510. The standard InChI is InChI=1S/C29H34N4O10S/c1-2-3-11-30-21(29(40)41)8-9-25(35)31-15-24(28(39)32-16-26(36)37)44-12-10-27(38)42-18-5-7-20-23(14-18)43-22-13-17(34)4-6-19(22)33-20/h4-7,13-14,21,24,30H,2-3,8-12,15-16H2,1H3,(H,31,35)(H,32,39)(H,36,37)(H,40,41). The SMILES string of the molecule is CCCCNC(CCC(=O)NCC(SCCC(=O)Oc1ccc2nc3ccc(=O)cc-3oc2c1)C(=O)NCC(=O)O)C(=O)O. The van der Waals surface area contributed by atoms with E-state index in [-0.39, 0.29) is 48.5 Å². The van der Waals surface area contributed by atoms with Gasteiger partial charge in [-0.2, -0.15) is 0 Å². The van der Waals surface area contributed by atoms with Crippen LogP contribution in [-0.4, -0.2) is 81.6 Å². The number of nitrogens with one attached hydrogen (secondary N) is 3. The molecule has 0 aromatic heterocycles. The molecule has 14 nitrogen and oxygen atoms in total. The van der Waals surface area contributed by atoms with Crippen LogP contribution in [0.25, 0.3) is 22.6 Å². The van der Waals surface area contributed by atoms with E-state index in [1.54, 1.807) is 12.1 Å². The molecule has 2 aliphatic rings. The molecule has 0 radical (unpaired) electrons. The molecule has 236 valence electrons. The maximum absolute atomic E-state index is 12.6. The normalized spacial score (nSPS) is 12.4. The molecular weight excluding hydrogens is 596 g/mol. The zero-order valence-electron chi connectivity index (χ0n) is 24.0. The lowest BCUT2D eigenvalue weighted by atomic mass is 10.1. The highest BCUT2D eigenvalue weighted by Crippen LogP contribution is 2.26. The number of hydrogen-bond acceptors (Lipinski definition) is 11. The van der Waals surface area contributed by atoms with Gasteiger partial charge in [-0.15, -0.1) is 11.8 Å². The van der Waals surface area contributed by atoms with E-state index in [0.717, 1.165) is 24.6 Å². The average molecular weight is 631 g/mol. The zero-order chi connectivity index (χ0) is 32.1. The smallest absolute Gasteiger partial charge is 0.322 e. The number of ether oxygens (including phenoxy) is 1. The molecular formula is C29H34N4O10S. The van der Waals surface area contributed by atoms with Gasteiger partial charge in [-0.25, -0.2) is 4.98 Å². The van der Waals surface area contributed by atoms with Crippen LogP contribution in [0.15, 0.2) is 45.6 Å². The van der Waals surface area contributed by atoms with Crippen molar-refractivity contribution >= 4 is 52.6 Å². The van der Waals surface area contributed by atoms with Crippen LogP contribution in [-0.2, 0) is 24.0 Å². The fourth-order valence-corrected chi connectivity index (χ4v) is 4.96. The van der Waals surface area contributed by atoms with E-state index >= 15 is 0 Å². The molecule has 0 bridgehead atoms. The van der Waals surface area contributed by atoms with Crippen LogP contribution in [0, 0.1) is 0 Å². The largest absolute Gasteiger partial charge is 0.480 e. The van der Waals surface area contributed by atoms with Crippen molar-refractivity contribution in [2.24, 2.45) is 0 Å². The number of aliphatic carboxylic acids is 2. The third-order valence-electron chi connectivity index (χ3n) is 6.25. The number of amides is 2. The summed E-state index contributed by atoms with van der Waals surface area (Å²) in [5.41, 5.74) is 1.06. The Labute approximate surface area is 256 Å². The number of esters is 1. The van der Waals surface area contributed by atoms with E-state index < -0.39 is 47.6 Å². The summed E-state index contributed by atoms with van der Waals surface area (Å²) in [6.07, 6.45) is 1.52. The van der Waals surface area contributed by atoms with Gasteiger partial charge in [0.05, 0.1) is 6.42 Å². The Balaban J connectivity index is 1.53. The lowest BCUT2D eigenvalue weighted by Crippen LogP contribution is -2.43. The van der Waals surface area contributed by atoms with Crippen molar-refractivity contribution in [3.05, 3.63) is 46.6 Å². The molecule has 15 heteroatoms. The number of carboxylic acid groups (broad SMARTS) is 2. The molecule has 1 heterocycles. The van der Waals surface area contributed by atoms with Crippen molar-refractivity contribution in [1.29, 1.82) is 0 Å². The highest BCUT2D eigenvalue weighted by atomic mass is 32.2. The van der Waals surface area contributed by atoms with Crippen LogP contribution in [0.3, 0.4) is 0 Å². The lowest BCUT2D eigenvalue weighted by Gasteiger charge is -2.17. The number of aromatic nitrogens is 1. The number of carbonyl (C=O) groups excluding carboxylic acids is 3. The van der Waals surface area contributed by atoms with Crippen molar-refractivity contribution in [2.75, 3.05) is 25.4 Å². The summed E-state index contributed by atoms with van der Waals surface area (Å²) < 4.78 is 11.1. The summed E-state index contributed by atoms with van der Waals surface area (Å²) in [5, 5.41) is 25.1. The Morgan fingerprint density at radius 1 is 1.05 bits per heavy atom. The Hall–Kier alpha value is -4.50. The third-order valence-corrected chi connectivity index (χ3v) is 7.47. The summed E-state index contributed by atoms with van der Waals surface area (Å²) in [7, 11) is 0. The fraction of sp³-hybridized carbons (Fsp3) is 0.414. The van der Waals surface area contributed by atoms with Crippen molar-refractivity contribution in [3.63, 3.8) is 0 Å². The number of nitrogens with zero attached hydrogens (tertiary/aromatic N) is 1. The first-order valence-corrected chi connectivity index (χ1v) is 15.0. The van der Waals surface area contributed by atoms with Crippen molar-refractivity contribution in [1.82, 2.24) is 20.9 Å². The molecule has 5 N–H and O–H groups in total. The highest BCUT2D eigenvalue weighted by Gasteiger charge is 2.23. The van der Waals surface area contributed by atoms with E-state index in [1.165, 1.54) is 24.3 Å². The molecule has 0 saturated heterocycles. The molecule has 1 aromatic carbocycles. The van der Waals surface area contributed by atoms with E-state index in [2.05, 4.69) is 20.9 Å². The minimum absolute atomic E-state index is 0.0494. The summed E-state index contributed by atoms with van der Waals surface area (Å²) in [6.45, 7) is 1.70. The molecule has 2 atom stereocenters. The van der Waals surface area contributed by atoms with Gasteiger partial charge < -0.3 is 35.3 Å². The number of thioether (sulfide) groups is 1. The Morgan fingerprint density at radius 3 is 2.57 bits per heavy atom. The fourth-order valence-electron chi connectivity index (χ4n) is 3.96. The van der Waals surface area contributed by atoms with Gasteiger partial charge in [-0.05, 0) is 43.7 Å². The summed E-state index contributed by atoms with van der Waals surface area (Å²) >= 11 is 1.03. The number of fused-ring (bicyclic) bond motifs is 2. The maximum atomic E-state index is 12.6. The molecule has 2 amide bonds. The lowest BCUT2D eigenvalue weighted by molar-refractivity contribution is -0.140. The number of benzene rings is 2. The van der Waals surface area contributed by atoms with Crippen molar-refractivity contribution in [2.45, 2.75) is 50.3 Å². The number of carboxylic acids is 2. The van der Waals surface area contributed by atoms with Crippen molar-refractivity contribution in [3.8, 4) is 17.2 Å². The van der Waals surface area contributed by atoms with Crippen LogP contribution in [0.5, 0.6) is 5.75 Å². The van der Waals surface area contributed by atoms with Crippen LogP contribution in [0.1, 0.15) is 39.0 Å². The summed E-state index contributed by atoms with van der Waals surface area (Å²) in [5.74, 6) is -3.47. The van der Waals surface area contributed by atoms with Crippen LogP contribution in [0.4, 0.5) is 0 Å². The highest BCUT2D eigenvalue weighted by molar-refractivity contribution is 8.00. The quantitative estimate of drug-likeness (QED) is 0.0586. The van der Waals surface area contributed by atoms with Gasteiger partial charge >= 0.3 is 17.9 Å². The maximum Gasteiger partial charge on any atom is 0.322 e. The van der Waals surface area contributed by atoms with Gasteiger partial charge in [-0.1, -0.05) is 13.3 Å². The third kappa shape index (κ3) is 11.0. The van der Waals surface area contributed by atoms with Gasteiger partial charge in [0, 0.05) is 30.9 Å². The van der Waals surface area contributed by atoms with E-state index in [4.69, 9.17) is 14.3 Å². The second-order valence-corrected chi connectivity index (χ2v) is 11.0. The molecule has 1 aromatic rings. The average Bonchev–Trinajstić information content (AvgIpc) is 2.98. The minimum atomic E-state index is -1.25. The number of carbonyl (C=O) groups is 5. The first kappa shape index (κ1) is 34.0. The van der Waals surface area contributed by atoms with Gasteiger partial charge in [0.15, 0.2) is 16.8 Å². The van der Waals surface area contributed by atoms with E-state index in [0.29, 0.717) is 23.3 Å². The predicted octanol–water partition coefficient (Wildman–Crippen LogP) is 1.63. The summed E-state index contributed by atoms with van der Waals surface area (Å²) in [6, 6.07) is 7.96. The van der Waals surface area contributed by atoms with Gasteiger partial charge in [-0.3, -0.25) is 28.8 Å². The van der Waals surface area contributed by atoms with Crippen LogP contribution >= 0.6 is 11.8 Å². The number of hydrogen-bond donors (Lipinski definition) is 5. The number of unbranched alkanes of at least 4 members (excludes halogenated alkanes) is 1. The monoisotopic (exact) mass is 630 g/mol. The van der Waals surface area contributed by atoms with Gasteiger partial charge in [0.1, 0.15) is 34.8 Å². The molecule has 1 aliphatic heterocycles. The molecule has 1 aliphatic carbocycles. The van der Waals surface area contributed by atoms with Gasteiger partial charge in [0.2, 0.25) is 11.8 Å². The first-order valence-electron chi connectivity index (χ1n) is 13.9. The van der Waals surface area contributed by atoms with Crippen LogP contribution in [0.2, 0.25) is 0 Å². The zero-order valence-corrected chi connectivity index (χ0v) is 24.8. The molecule has 0 fully saturated rings. The second-order valence-electron chi connectivity index (χ2n) is 9.71. The summed E-state index contributed by atoms with van der Waals surface area (Å²) in [4.78, 5) is 75.9. The van der Waals surface area contributed by atoms with Crippen LogP contribution < -0.4 is 26.1 Å². The molecule has 0 spiro atoms. The minimum Gasteiger partial charge on any atom is -0.480 e. The first-order chi connectivity index (χ1) is 21.0.